The first-order valence-electron chi connectivity index (χ1n) is 6.52. The molecule has 0 spiro atoms. The Morgan fingerprint density at radius 2 is 2.05 bits per heavy atom. The molecule has 0 aliphatic heterocycles. The van der Waals surface area contributed by atoms with E-state index in [1.54, 1.807) is 25.3 Å². The third-order valence-corrected chi connectivity index (χ3v) is 2.46. The summed E-state index contributed by atoms with van der Waals surface area (Å²) in [5.74, 6) is 1.22. The Hall–Kier alpha value is -1.75. The highest BCUT2D eigenvalue weighted by atomic mass is 16.5. The van der Waals surface area contributed by atoms with Gasteiger partial charge in [0.1, 0.15) is 0 Å². The SMILES string of the molecule is CCCNCC(=O)Nc1ccc(OC)c(OCC)c1. The van der Waals surface area contributed by atoms with Gasteiger partial charge < -0.3 is 20.1 Å². The number of ether oxygens (including phenoxy) is 2. The van der Waals surface area contributed by atoms with Gasteiger partial charge in [-0.3, -0.25) is 4.79 Å². The molecular formula is C14H22N2O3. The fourth-order valence-corrected chi connectivity index (χ4v) is 1.61. The molecule has 0 radical (unpaired) electrons. The minimum Gasteiger partial charge on any atom is -0.493 e. The van der Waals surface area contributed by atoms with Crippen LogP contribution in [0.4, 0.5) is 5.69 Å². The van der Waals surface area contributed by atoms with E-state index in [1.165, 1.54) is 0 Å². The number of rotatable bonds is 8. The molecule has 1 aromatic carbocycles. The predicted molar refractivity (Wildman–Crippen MR) is 76.0 cm³/mol. The molecule has 1 rings (SSSR count). The van der Waals surface area contributed by atoms with Crippen molar-refractivity contribution < 1.29 is 14.3 Å². The minimum absolute atomic E-state index is 0.0685. The zero-order chi connectivity index (χ0) is 14.1. The molecule has 0 aliphatic rings. The highest BCUT2D eigenvalue weighted by molar-refractivity contribution is 5.92. The van der Waals surface area contributed by atoms with Gasteiger partial charge in [0.2, 0.25) is 5.91 Å². The van der Waals surface area contributed by atoms with Crippen LogP contribution in [0.1, 0.15) is 20.3 Å². The van der Waals surface area contributed by atoms with Crippen LogP contribution in [0.25, 0.3) is 0 Å². The van der Waals surface area contributed by atoms with Crippen LogP contribution >= 0.6 is 0 Å². The molecule has 0 bridgehead atoms. The van der Waals surface area contributed by atoms with E-state index in [0.29, 0.717) is 30.3 Å². The second kappa shape index (κ2) is 8.37. The second-order valence-corrected chi connectivity index (χ2v) is 4.02. The van der Waals surface area contributed by atoms with Crippen molar-refractivity contribution in [3.8, 4) is 11.5 Å². The maximum absolute atomic E-state index is 11.7. The normalized spacial score (nSPS) is 10.1. The third-order valence-electron chi connectivity index (χ3n) is 2.46. The van der Waals surface area contributed by atoms with Gasteiger partial charge in [-0.25, -0.2) is 0 Å². The van der Waals surface area contributed by atoms with E-state index in [2.05, 4.69) is 17.6 Å². The van der Waals surface area contributed by atoms with Crippen molar-refractivity contribution >= 4 is 11.6 Å². The number of benzene rings is 1. The lowest BCUT2D eigenvalue weighted by molar-refractivity contribution is -0.115. The molecule has 0 aromatic heterocycles. The lowest BCUT2D eigenvalue weighted by Gasteiger charge is -2.12. The first-order valence-corrected chi connectivity index (χ1v) is 6.52. The summed E-state index contributed by atoms with van der Waals surface area (Å²) in [5.41, 5.74) is 0.701. The van der Waals surface area contributed by atoms with Gasteiger partial charge in [0.05, 0.1) is 20.3 Å². The molecule has 1 aromatic rings. The second-order valence-electron chi connectivity index (χ2n) is 4.02. The molecule has 2 N–H and O–H groups in total. The van der Waals surface area contributed by atoms with Crippen LogP contribution in [0.3, 0.4) is 0 Å². The Morgan fingerprint density at radius 1 is 1.26 bits per heavy atom. The molecule has 5 nitrogen and oxygen atoms in total. The summed E-state index contributed by atoms with van der Waals surface area (Å²) < 4.78 is 10.6. The summed E-state index contributed by atoms with van der Waals surface area (Å²) in [6.07, 6.45) is 1.00. The Morgan fingerprint density at radius 3 is 2.68 bits per heavy atom. The van der Waals surface area contributed by atoms with Gasteiger partial charge in [-0.2, -0.15) is 0 Å². The number of hydrogen-bond donors (Lipinski definition) is 2. The van der Waals surface area contributed by atoms with Crippen LogP contribution in [0.2, 0.25) is 0 Å². The molecule has 0 heterocycles. The minimum atomic E-state index is -0.0685. The van der Waals surface area contributed by atoms with Crippen molar-refractivity contribution in [2.75, 3.05) is 32.1 Å². The van der Waals surface area contributed by atoms with Crippen LogP contribution in [0, 0.1) is 0 Å². The van der Waals surface area contributed by atoms with E-state index < -0.39 is 0 Å². The highest BCUT2D eigenvalue weighted by Crippen LogP contribution is 2.30. The summed E-state index contributed by atoms with van der Waals surface area (Å²) in [6.45, 7) is 5.65. The molecule has 0 saturated carbocycles. The molecule has 0 saturated heterocycles. The lowest BCUT2D eigenvalue weighted by atomic mass is 10.2. The predicted octanol–water partition coefficient (Wildman–Crippen LogP) is 2.03. The maximum atomic E-state index is 11.7. The van der Waals surface area contributed by atoms with Crippen molar-refractivity contribution in [2.24, 2.45) is 0 Å². The summed E-state index contributed by atoms with van der Waals surface area (Å²) in [7, 11) is 1.59. The van der Waals surface area contributed by atoms with E-state index in [0.717, 1.165) is 13.0 Å². The molecular weight excluding hydrogens is 244 g/mol. The summed E-state index contributed by atoms with van der Waals surface area (Å²) >= 11 is 0. The topological polar surface area (TPSA) is 59.6 Å². The van der Waals surface area contributed by atoms with Crippen molar-refractivity contribution in [3.05, 3.63) is 18.2 Å². The fraction of sp³-hybridized carbons (Fsp3) is 0.500. The maximum Gasteiger partial charge on any atom is 0.238 e. The van der Waals surface area contributed by atoms with E-state index >= 15 is 0 Å². The quantitative estimate of drug-likeness (QED) is 0.707. The van der Waals surface area contributed by atoms with Crippen molar-refractivity contribution in [3.63, 3.8) is 0 Å². The summed E-state index contributed by atoms with van der Waals surface area (Å²) in [6, 6.07) is 5.33. The smallest absolute Gasteiger partial charge is 0.238 e. The Labute approximate surface area is 114 Å². The molecule has 106 valence electrons. The molecule has 0 unspecified atom stereocenters. The van der Waals surface area contributed by atoms with Crippen LogP contribution in [0.5, 0.6) is 11.5 Å². The average molecular weight is 266 g/mol. The van der Waals surface area contributed by atoms with Crippen molar-refractivity contribution in [1.29, 1.82) is 0 Å². The summed E-state index contributed by atoms with van der Waals surface area (Å²) in [5, 5.41) is 5.86. The van der Waals surface area contributed by atoms with Gasteiger partial charge in [-0.05, 0) is 32.0 Å². The molecule has 5 heteroatoms. The monoisotopic (exact) mass is 266 g/mol. The standard InChI is InChI=1S/C14H22N2O3/c1-4-8-15-10-14(17)16-11-6-7-12(18-3)13(9-11)19-5-2/h6-7,9,15H,4-5,8,10H2,1-3H3,(H,16,17). The van der Waals surface area contributed by atoms with Gasteiger partial charge in [0.15, 0.2) is 11.5 Å². The van der Waals surface area contributed by atoms with E-state index in [9.17, 15) is 4.79 Å². The van der Waals surface area contributed by atoms with E-state index in [1.807, 2.05) is 6.92 Å². The first kappa shape index (κ1) is 15.3. The van der Waals surface area contributed by atoms with Crippen LogP contribution in [-0.4, -0.2) is 32.7 Å². The number of carbonyl (C=O) groups is 1. The number of hydrogen-bond acceptors (Lipinski definition) is 4. The number of nitrogens with one attached hydrogen (secondary N) is 2. The molecule has 0 atom stereocenters. The van der Waals surface area contributed by atoms with Crippen LogP contribution < -0.4 is 20.1 Å². The van der Waals surface area contributed by atoms with Crippen molar-refractivity contribution in [2.45, 2.75) is 20.3 Å². The molecule has 19 heavy (non-hydrogen) atoms. The van der Waals surface area contributed by atoms with Crippen molar-refractivity contribution in [1.82, 2.24) is 5.32 Å². The van der Waals surface area contributed by atoms with Gasteiger partial charge in [0, 0.05) is 11.8 Å². The Kier molecular flexibility index (Phi) is 6.74. The van der Waals surface area contributed by atoms with Gasteiger partial charge in [-0.15, -0.1) is 0 Å². The lowest BCUT2D eigenvalue weighted by Crippen LogP contribution is -2.28. The first-order chi connectivity index (χ1) is 9.21. The molecule has 1 amide bonds. The van der Waals surface area contributed by atoms with Gasteiger partial charge in [-0.1, -0.05) is 6.92 Å². The Balaban J connectivity index is 2.63. The summed E-state index contributed by atoms with van der Waals surface area (Å²) in [4.78, 5) is 11.7. The zero-order valence-electron chi connectivity index (χ0n) is 11.8. The number of anilines is 1. The Bertz CT molecular complexity index is 408. The number of methoxy groups -OCH3 is 1. The molecule has 0 aliphatic carbocycles. The van der Waals surface area contributed by atoms with E-state index in [-0.39, 0.29) is 5.91 Å². The molecule has 0 fully saturated rings. The van der Waals surface area contributed by atoms with E-state index in [4.69, 9.17) is 9.47 Å². The van der Waals surface area contributed by atoms with Crippen LogP contribution in [0.15, 0.2) is 18.2 Å². The highest BCUT2D eigenvalue weighted by Gasteiger charge is 2.07. The zero-order valence-corrected chi connectivity index (χ0v) is 11.8. The van der Waals surface area contributed by atoms with Gasteiger partial charge in [0.25, 0.3) is 0 Å². The number of carbonyl (C=O) groups excluding carboxylic acids is 1. The third kappa shape index (κ3) is 5.18. The van der Waals surface area contributed by atoms with Crippen LogP contribution in [-0.2, 0) is 4.79 Å². The fourth-order valence-electron chi connectivity index (χ4n) is 1.61. The number of amides is 1. The average Bonchev–Trinajstić information content (AvgIpc) is 2.40. The largest absolute Gasteiger partial charge is 0.493 e. The van der Waals surface area contributed by atoms with Gasteiger partial charge >= 0.3 is 0 Å².